The van der Waals surface area contributed by atoms with Crippen molar-refractivity contribution in [1.82, 2.24) is 4.98 Å². The van der Waals surface area contributed by atoms with Gasteiger partial charge in [0.1, 0.15) is 5.82 Å². The Kier molecular flexibility index (Phi) is 4.63. The van der Waals surface area contributed by atoms with E-state index in [0.29, 0.717) is 5.56 Å². The van der Waals surface area contributed by atoms with Gasteiger partial charge in [0.25, 0.3) is 5.91 Å². The number of carbonyl (C=O) groups is 1. The minimum absolute atomic E-state index is 0.0117. The molecule has 3 aromatic rings. The fraction of sp³-hybridized carbons (Fsp3) is 0.217. The van der Waals surface area contributed by atoms with Gasteiger partial charge in [-0.1, -0.05) is 30.3 Å². The molecule has 4 heteroatoms. The van der Waals surface area contributed by atoms with Gasteiger partial charge in [-0.15, -0.1) is 0 Å². The molecule has 1 aromatic heterocycles. The molecule has 0 aliphatic carbocycles. The van der Waals surface area contributed by atoms with Crippen molar-refractivity contribution in [3.05, 3.63) is 83.6 Å². The van der Waals surface area contributed by atoms with Gasteiger partial charge in [-0.25, -0.2) is 4.98 Å². The van der Waals surface area contributed by atoms with Crippen LogP contribution in [0.1, 0.15) is 28.4 Å². The number of benzene rings is 2. The lowest BCUT2D eigenvalue weighted by atomic mass is 10.1. The molecule has 0 fully saturated rings. The van der Waals surface area contributed by atoms with Crippen molar-refractivity contribution >= 4 is 23.1 Å². The molecule has 0 radical (unpaired) electrons. The first kappa shape index (κ1) is 17.3. The van der Waals surface area contributed by atoms with Crippen LogP contribution in [0.15, 0.2) is 66.9 Å². The number of carbonyl (C=O) groups excluding carboxylic acids is 1. The lowest BCUT2D eigenvalue weighted by molar-refractivity contribution is 0.0989. The topological polar surface area (TPSA) is 36.4 Å². The predicted octanol–water partition coefficient (Wildman–Crippen LogP) is 4.75. The van der Waals surface area contributed by atoms with E-state index in [1.54, 1.807) is 6.20 Å². The van der Waals surface area contributed by atoms with Crippen LogP contribution in [-0.4, -0.2) is 24.0 Å². The van der Waals surface area contributed by atoms with Crippen molar-refractivity contribution in [2.24, 2.45) is 0 Å². The molecular weight excluding hydrogens is 334 g/mol. The molecular formula is C23H23N3O. The zero-order chi connectivity index (χ0) is 18.8. The molecule has 1 amide bonds. The van der Waals surface area contributed by atoms with Crippen LogP contribution in [0.5, 0.6) is 0 Å². The summed E-state index contributed by atoms with van der Waals surface area (Å²) in [5, 5.41) is 0. The van der Waals surface area contributed by atoms with Crippen molar-refractivity contribution in [2.45, 2.75) is 20.3 Å². The lowest BCUT2D eigenvalue weighted by Crippen LogP contribution is -2.29. The maximum Gasteiger partial charge on any atom is 0.259 e. The molecule has 1 aliphatic rings. The van der Waals surface area contributed by atoms with Gasteiger partial charge in [-0.3, -0.25) is 4.79 Å². The summed E-state index contributed by atoms with van der Waals surface area (Å²) in [4.78, 5) is 21.5. The third-order valence-corrected chi connectivity index (χ3v) is 5.03. The Morgan fingerprint density at radius 1 is 1.11 bits per heavy atom. The van der Waals surface area contributed by atoms with Crippen LogP contribution in [0.2, 0.25) is 0 Å². The predicted molar refractivity (Wildman–Crippen MR) is 110 cm³/mol. The lowest BCUT2D eigenvalue weighted by Gasteiger charge is -2.23. The van der Waals surface area contributed by atoms with Crippen LogP contribution in [-0.2, 0) is 6.42 Å². The second kappa shape index (κ2) is 7.23. The normalized spacial score (nSPS) is 12.7. The number of hydrogen-bond donors (Lipinski definition) is 0. The molecule has 0 atom stereocenters. The van der Waals surface area contributed by atoms with Gasteiger partial charge in [0, 0.05) is 30.7 Å². The van der Waals surface area contributed by atoms with Gasteiger partial charge in [-0.2, -0.15) is 0 Å². The average Bonchev–Trinajstić information content (AvgIpc) is 3.13. The van der Waals surface area contributed by atoms with E-state index in [1.165, 1.54) is 11.1 Å². The molecule has 136 valence electrons. The van der Waals surface area contributed by atoms with Crippen molar-refractivity contribution in [3.8, 4) is 0 Å². The number of hydrogen-bond acceptors (Lipinski definition) is 3. The monoisotopic (exact) mass is 357 g/mol. The summed E-state index contributed by atoms with van der Waals surface area (Å²) in [6, 6.07) is 20.3. The third kappa shape index (κ3) is 3.31. The Morgan fingerprint density at radius 3 is 2.70 bits per heavy atom. The number of anilines is 3. The van der Waals surface area contributed by atoms with Crippen LogP contribution in [0, 0.1) is 6.92 Å². The maximum atomic E-state index is 12.9. The number of rotatable bonds is 4. The first-order valence-electron chi connectivity index (χ1n) is 9.37. The smallest absolute Gasteiger partial charge is 0.259 e. The summed E-state index contributed by atoms with van der Waals surface area (Å²) in [6.07, 6.45) is 2.60. The Balaban J connectivity index is 1.58. The van der Waals surface area contributed by atoms with Crippen LogP contribution < -0.4 is 9.80 Å². The standard InChI is InChI=1S/C23H23N3O/c1-3-25(20-9-6-7-17(2)15-20)22-12-11-19(16-24-22)23(27)26-14-13-18-8-4-5-10-21(18)26/h4-12,15-16H,3,13-14H2,1-2H3. The van der Waals surface area contributed by atoms with E-state index >= 15 is 0 Å². The van der Waals surface area contributed by atoms with Crippen molar-refractivity contribution in [2.75, 3.05) is 22.9 Å². The molecule has 27 heavy (non-hydrogen) atoms. The van der Waals surface area contributed by atoms with Crippen molar-refractivity contribution in [3.63, 3.8) is 0 Å². The van der Waals surface area contributed by atoms with Gasteiger partial charge >= 0.3 is 0 Å². The Labute approximate surface area is 160 Å². The number of fused-ring (bicyclic) bond motifs is 1. The number of amides is 1. The SMILES string of the molecule is CCN(c1cccc(C)c1)c1ccc(C(=O)N2CCc3ccccc32)cn1. The van der Waals surface area contributed by atoms with E-state index < -0.39 is 0 Å². The molecule has 0 saturated carbocycles. The van der Waals surface area contributed by atoms with E-state index in [0.717, 1.165) is 36.7 Å². The summed E-state index contributed by atoms with van der Waals surface area (Å²) >= 11 is 0. The first-order valence-corrected chi connectivity index (χ1v) is 9.37. The van der Waals surface area contributed by atoms with Crippen LogP contribution in [0.25, 0.3) is 0 Å². The van der Waals surface area contributed by atoms with E-state index in [1.807, 2.05) is 35.2 Å². The molecule has 0 unspecified atom stereocenters. The fourth-order valence-corrected chi connectivity index (χ4v) is 3.65. The van der Waals surface area contributed by atoms with Crippen LogP contribution in [0.4, 0.5) is 17.2 Å². The van der Waals surface area contributed by atoms with Crippen LogP contribution >= 0.6 is 0 Å². The molecule has 2 heterocycles. The average molecular weight is 357 g/mol. The number of para-hydroxylation sites is 1. The number of aromatic nitrogens is 1. The number of pyridine rings is 1. The van der Waals surface area contributed by atoms with Gasteiger partial charge in [0.2, 0.25) is 0 Å². The molecule has 0 N–H and O–H groups in total. The van der Waals surface area contributed by atoms with E-state index in [4.69, 9.17) is 0 Å². The molecule has 2 aromatic carbocycles. The molecule has 4 nitrogen and oxygen atoms in total. The second-order valence-electron chi connectivity index (χ2n) is 6.82. The summed E-state index contributed by atoms with van der Waals surface area (Å²) in [6.45, 7) is 5.72. The fourth-order valence-electron chi connectivity index (χ4n) is 3.65. The number of aryl methyl sites for hydroxylation is 1. The summed E-state index contributed by atoms with van der Waals surface area (Å²) in [5.41, 5.74) is 5.19. The molecule has 0 saturated heterocycles. The number of nitrogens with zero attached hydrogens (tertiary/aromatic N) is 3. The van der Waals surface area contributed by atoms with Crippen molar-refractivity contribution < 1.29 is 4.79 Å². The quantitative estimate of drug-likeness (QED) is 0.676. The minimum Gasteiger partial charge on any atom is -0.327 e. The molecule has 1 aliphatic heterocycles. The maximum absolute atomic E-state index is 12.9. The summed E-state index contributed by atoms with van der Waals surface area (Å²) < 4.78 is 0. The highest BCUT2D eigenvalue weighted by atomic mass is 16.2. The van der Waals surface area contributed by atoms with Gasteiger partial charge < -0.3 is 9.80 Å². The largest absolute Gasteiger partial charge is 0.327 e. The van der Waals surface area contributed by atoms with Gasteiger partial charge in [-0.05, 0) is 61.7 Å². The zero-order valence-electron chi connectivity index (χ0n) is 15.7. The first-order chi connectivity index (χ1) is 13.2. The van der Waals surface area contributed by atoms with E-state index in [-0.39, 0.29) is 5.91 Å². The molecule has 4 rings (SSSR count). The third-order valence-electron chi connectivity index (χ3n) is 5.03. The Hall–Kier alpha value is -3.14. The van der Waals surface area contributed by atoms with Gasteiger partial charge in [0.15, 0.2) is 0 Å². The van der Waals surface area contributed by atoms with Crippen molar-refractivity contribution in [1.29, 1.82) is 0 Å². The van der Waals surface area contributed by atoms with Gasteiger partial charge in [0.05, 0.1) is 5.56 Å². The van der Waals surface area contributed by atoms with E-state index in [2.05, 4.69) is 54.1 Å². The highest BCUT2D eigenvalue weighted by molar-refractivity contribution is 6.07. The minimum atomic E-state index is 0.0117. The molecule has 0 spiro atoms. The highest BCUT2D eigenvalue weighted by Gasteiger charge is 2.25. The summed E-state index contributed by atoms with van der Waals surface area (Å²) in [5.74, 6) is 0.860. The molecule has 0 bridgehead atoms. The summed E-state index contributed by atoms with van der Waals surface area (Å²) in [7, 11) is 0. The van der Waals surface area contributed by atoms with Crippen LogP contribution in [0.3, 0.4) is 0 Å². The Morgan fingerprint density at radius 2 is 1.96 bits per heavy atom. The van der Waals surface area contributed by atoms with E-state index in [9.17, 15) is 4.79 Å². The highest BCUT2D eigenvalue weighted by Crippen LogP contribution is 2.29. The zero-order valence-corrected chi connectivity index (χ0v) is 15.7. The Bertz CT molecular complexity index is 965. The second-order valence-corrected chi connectivity index (χ2v) is 6.82.